The second-order valence-electron chi connectivity index (χ2n) is 9.81. The molecule has 0 aliphatic carbocycles. The summed E-state index contributed by atoms with van der Waals surface area (Å²) in [6.45, 7) is -0.106. The normalized spacial score (nSPS) is 46.0. The van der Waals surface area contributed by atoms with Crippen molar-refractivity contribution >= 4 is 11.8 Å². The van der Waals surface area contributed by atoms with Crippen LogP contribution in [0.5, 0.6) is 0 Å². The predicted octanol–water partition coefficient (Wildman–Crippen LogP) is -7.29. The zero-order chi connectivity index (χ0) is 29.9. The van der Waals surface area contributed by atoms with Crippen LogP contribution in [0.2, 0.25) is 0 Å². The third kappa shape index (κ3) is 7.05. The highest BCUT2D eigenvalue weighted by atomic mass is 16.7. The molecule has 0 bridgehead atoms. The third-order valence-corrected chi connectivity index (χ3v) is 6.90. The largest absolute Gasteiger partial charge is 0.394 e. The average molecular weight is 587 g/mol. The maximum Gasteiger partial charge on any atom is 0.217 e. The van der Waals surface area contributed by atoms with Gasteiger partial charge in [0.2, 0.25) is 11.8 Å². The summed E-state index contributed by atoms with van der Waals surface area (Å²) in [6, 6.07) is -2.79. The Morgan fingerprint density at radius 2 is 1.07 bits per heavy atom. The van der Waals surface area contributed by atoms with E-state index in [0.717, 1.165) is 13.8 Å². The lowest BCUT2D eigenvalue weighted by Crippen LogP contribution is -2.69. The van der Waals surface area contributed by atoms with E-state index < -0.39 is 124 Å². The number of hydrogen-bond donors (Lipinski definition) is 11. The Labute approximate surface area is 228 Å². The fraction of sp³-hybridized carbons (Fsp3) is 0.909. The summed E-state index contributed by atoms with van der Waals surface area (Å²) in [5.41, 5.74) is 0. The van der Waals surface area contributed by atoms with Crippen molar-refractivity contribution < 1.29 is 79.2 Å². The molecule has 0 aromatic carbocycles. The summed E-state index contributed by atoms with van der Waals surface area (Å²) in [5.74, 6) is -1.26. The smallest absolute Gasteiger partial charge is 0.217 e. The molecule has 0 saturated carbocycles. The van der Waals surface area contributed by atoms with E-state index in [-0.39, 0.29) is 0 Å². The first kappa shape index (κ1) is 32.9. The van der Waals surface area contributed by atoms with Crippen LogP contribution in [0.4, 0.5) is 0 Å². The number of aliphatic hydroxyl groups excluding tert-OH is 9. The summed E-state index contributed by atoms with van der Waals surface area (Å²) < 4.78 is 27.5. The highest BCUT2D eigenvalue weighted by molar-refractivity contribution is 5.73. The SMILES string of the molecule is CC(=O)N[C@H]1[C@H](O[C@H]2[C@H](O)[C@H](O)[C@H](O[C@H]3[C@H](O)[C@@H](NC(C)=O)C(O)O[C@@H]3CO)O[C@@H]2CO)O[C@H](CO)[C@@H](O)[C@@H]1O. The van der Waals surface area contributed by atoms with E-state index in [1.807, 2.05) is 0 Å². The maximum atomic E-state index is 11.7. The molecule has 3 fully saturated rings. The highest BCUT2D eigenvalue weighted by Gasteiger charge is 2.53. The first-order valence-electron chi connectivity index (χ1n) is 12.6. The molecule has 15 atom stereocenters. The molecular weight excluding hydrogens is 548 g/mol. The molecule has 2 amide bonds. The van der Waals surface area contributed by atoms with Crippen molar-refractivity contribution in [1.82, 2.24) is 10.6 Å². The Hall–Kier alpha value is -1.62. The van der Waals surface area contributed by atoms with E-state index in [1.165, 1.54) is 0 Å². The monoisotopic (exact) mass is 586 g/mol. The van der Waals surface area contributed by atoms with Gasteiger partial charge in [-0.1, -0.05) is 0 Å². The lowest BCUT2D eigenvalue weighted by atomic mass is 9.94. The fourth-order valence-corrected chi connectivity index (χ4v) is 4.87. The minimum absolute atomic E-state index is 0.624. The van der Waals surface area contributed by atoms with Crippen molar-refractivity contribution in [1.29, 1.82) is 0 Å². The van der Waals surface area contributed by atoms with Crippen molar-refractivity contribution in [3.63, 3.8) is 0 Å². The topological polar surface area (TPSA) is 286 Å². The van der Waals surface area contributed by atoms with Gasteiger partial charge in [-0.05, 0) is 0 Å². The van der Waals surface area contributed by atoms with Gasteiger partial charge in [0.05, 0.1) is 19.8 Å². The van der Waals surface area contributed by atoms with Crippen molar-refractivity contribution in [3.8, 4) is 0 Å². The molecule has 0 radical (unpaired) electrons. The Morgan fingerprint density at radius 3 is 1.62 bits per heavy atom. The van der Waals surface area contributed by atoms with Crippen molar-refractivity contribution in [2.75, 3.05) is 19.8 Å². The van der Waals surface area contributed by atoms with Gasteiger partial charge in [-0.3, -0.25) is 9.59 Å². The number of nitrogens with one attached hydrogen (secondary N) is 2. The van der Waals surface area contributed by atoms with Gasteiger partial charge in [0.25, 0.3) is 0 Å². The molecule has 40 heavy (non-hydrogen) atoms. The van der Waals surface area contributed by atoms with Crippen molar-refractivity contribution in [2.45, 2.75) is 106 Å². The molecule has 3 aliphatic heterocycles. The molecule has 3 rings (SSSR count). The maximum absolute atomic E-state index is 11.7. The van der Waals surface area contributed by atoms with Crippen LogP contribution in [-0.4, -0.2) is 170 Å². The van der Waals surface area contributed by atoms with Crippen LogP contribution >= 0.6 is 0 Å². The van der Waals surface area contributed by atoms with Gasteiger partial charge in [-0.2, -0.15) is 0 Å². The van der Waals surface area contributed by atoms with Crippen LogP contribution in [-0.2, 0) is 33.3 Å². The van der Waals surface area contributed by atoms with Gasteiger partial charge >= 0.3 is 0 Å². The highest BCUT2D eigenvalue weighted by Crippen LogP contribution is 2.32. The Morgan fingerprint density at radius 1 is 0.600 bits per heavy atom. The second-order valence-corrected chi connectivity index (χ2v) is 9.81. The van der Waals surface area contributed by atoms with E-state index in [4.69, 9.17) is 23.7 Å². The van der Waals surface area contributed by atoms with Crippen LogP contribution in [0, 0.1) is 0 Å². The summed E-state index contributed by atoms with van der Waals surface area (Å²) in [5, 5.41) is 96.9. The van der Waals surface area contributed by atoms with Crippen LogP contribution in [0.25, 0.3) is 0 Å². The molecule has 0 aromatic rings. The molecule has 3 heterocycles. The molecule has 0 aromatic heterocycles. The number of aliphatic hydroxyl groups is 9. The van der Waals surface area contributed by atoms with Crippen molar-refractivity contribution in [2.24, 2.45) is 0 Å². The Balaban J connectivity index is 1.78. The van der Waals surface area contributed by atoms with Gasteiger partial charge in [-0.15, -0.1) is 0 Å². The molecule has 232 valence electrons. The molecule has 0 spiro atoms. The number of ether oxygens (including phenoxy) is 5. The molecule has 1 unspecified atom stereocenters. The van der Waals surface area contributed by atoms with Crippen LogP contribution < -0.4 is 10.6 Å². The van der Waals surface area contributed by atoms with E-state index in [2.05, 4.69) is 10.6 Å². The van der Waals surface area contributed by atoms with E-state index in [1.54, 1.807) is 0 Å². The molecule has 3 saturated heterocycles. The van der Waals surface area contributed by atoms with Crippen molar-refractivity contribution in [3.05, 3.63) is 0 Å². The summed E-state index contributed by atoms with van der Waals surface area (Å²) in [4.78, 5) is 23.2. The third-order valence-electron chi connectivity index (χ3n) is 6.90. The quantitative estimate of drug-likeness (QED) is 0.120. The van der Waals surface area contributed by atoms with Crippen LogP contribution in [0.3, 0.4) is 0 Å². The minimum Gasteiger partial charge on any atom is -0.394 e. The molecular formula is C22H38N2O16. The summed E-state index contributed by atoms with van der Waals surface area (Å²) >= 11 is 0. The van der Waals surface area contributed by atoms with E-state index in [0.29, 0.717) is 0 Å². The predicted molar refractivity (Wildman–Crippen MR) is 124 cm³/mol. The number of rotatable bonds is 9. The van der Waals surface area contributed by atoms with Gasteiger partial charge in [-0.25, -0.2) is 0 Å². The number of carbonyl (C=O) groups is 2. The molecule has 3 aliphatic rings. The summed E-state index contributed by atoms with van der Waals surface area (Å²) in [7, 11) is 0. The van der Waals surface area contributed by atoms with Gasteiger partial charge in [0.15, 0.2) is 18.9 Å². The number of hydrogen-bond acceptors (Lipinski definition) is 16. The fourth-order valence-electron chi connectivity index (χ4n) is 4.87. The minimum atomic E-state index is -1.93. The lowest BCUT2D eigenvalue weighted by molar-refractivity contribution is -0.366. The first-order chi connectivity index (χ1) is 18.8. The van der Waals surface area contributed by atoms with E-state index in [9.17, 15) is 55.5 Å². The Bertz CT molecular complexity index is 852. The van der Waals surface area contributed by atoms with Gasteiger partial charge in [0, 0.05) is 13.8 Å². The number of carbonyl (C=O) groups excluding carboxylic acids is 2. The zero-order valence-electron chi connectivity index (χ0n) is 21.7. The Kier molecular flexibility index (Phi) is 11.5. The summed E-state index contributed by atoms with van der Waals surface area (Å²) in [6.07, 6.45) is -21.1. The molecule has 11 N–H and O–H groups in total. The second kappa shape index (κ2) is 14.0. The zero-order valence-corrected chi connectivity index (χ0v) is 21.7. The van der Waals surface area contributed by atoms with Gasteiger partial charge in [0.1, 0.15) is 73.1 Å². The number of amides is 2. The molecule has 18 heteroatoms. The van der Waals surface area contributed by atoms with E-state index >= 15 is 0 Å². The lowest BCUT2D eigenvalue weighted by Gasteiger charge is -2.48. The first-order valence-corrected chi connectivity index (χ1v) is 12.6. The van der Waals surface area contributed by atoms with Crippen LogP contribution in [0.15, 0.2) is 0 Å². The van der Waals surface area contributed by atoms with Crippen LogP contribution in [0.1, 0.15) is 13.8 Å². The standard InChI is InChI=1S/C22H38N2O16/c1-6(28)23-11-15(32)18(9(4-26)36-20(11)35)40-22-17(34)16(33)19(10(5-27)38-22)39-21-12(24-7(2)29)14(31)13(30)8(3-25)37-21/h8-22,25-27,30-35H,3-5H2,1-2H3,(H,23,28)(H,24,29)/t8-,9-,10-,11-,12-,13-,14-,15-,16-,17+,18-,19-,20?,21+,22+/m1/s1. The van der Waals surface area contributed by atoms with Gasteiger partial charge < -0.3 is 80.3 Å². The average Bonchev–Trinajstić information content (AvgIpc) is 2.90. The molecule has 18 nitrogen and oxygen atoms in total.